The van der Waals surface area contributed by atoms with Crippen molar-refractivity contribution in [1.29, 1.82) is 0 Å². The van der Waals surface area contributed by atoms with E-state index >= 15 is 0 Å². The van der Waals surface area contributed by atoms with E-state index in [0.717, 1.165) is 44.3 Å². The maximum atomic E-state index is 12.5. The molecule has 168 valence electrons. The highest BCUT2D eigenvalue weighted by atomic mass is 32.2. The Morgan fingerprint density at radius 1 is 1.03 bits per heavy atom. The van der Waals surface area contributed by atoms with E-state index in [-0.39, 0.29) is 6.54 Å². The first kappa shape index (κ1) is 23.3. The number of carbonyl (C=O) groups is 1. The van der Waals surface area contributed by atoms with E-state index in [1.54, 1.807) is 6.21 Å². The van der Waals surface area contributed by atoms with Crippen LogP contribution in [0.1, 0.15) is 28.1 Å². The van der Waals surface area contributed by atoms with Crippen molar-refractivity contribution >= 4 is 27.8 Å². The number of aryl methyl sites for hydroxylation is 3. The Kier molecular flexibility index (Phi) is 6.84. The van der Waals surface area contributed by atoms with Crippen LogP contribution in [-0.2, 0) is 14.8 Å². The van der Waals surface area contributed by atoms with Gasteiger partial charge in [-0.25, -0.2) is 13.8 Å². The Morgan fingerprint density at radius 3 is 2.25 bits per heavy atom. The Morgan fingerprint density at radius 2 is 1.66 bits per heavy atom. The van der Waals surface area contributed by atoms with Crippen LogP contribution in [0.5, 0.6) is 0 Å². The molecule has 0 saturated carbocycles. The summed E-state index contributed by atoms with van der Waals surface area (Å²) in [6, 6.07) is 17.4. The number of hydrogen-bond donors (Lipinski definition) is 1. The number of sulfonamides is 1. The van der Waals surface area contributed by atoms with Gasteiger partial charge < -0.3 is 4.57 Å². The van der Waals surface area contributed by atoms with Crippen LogP contribution in [0.3, 0.4) is 0 Å². The lowest BCUT2D eigenvalue weighted by Gasteiger charge is -2.25. The molecule has 7 nitrogen and oxygen atoms in total. The standard InChI is InChI=1S/C24H28N4O3S/c1-17-10-9-11-18(2)24(17)27(32(5,30)31)16-23(29)26-25-15-21-14-19(3)28(20(21)4)22-12-7-6-8-13-22/h6-15H,16H2,1-5H3,(H,26,29)/b25-15+. The lowest BCUT2D eigenvalue weighted by molar-refractivity contribution is -0.119. The molecular weight excluding hydrogens is 424 g/mol. The molecule has 0 spiro atoms. The topological polar surface area (TPSA) is 83.8 Å². The van der Waals surface area contributed by atoms with Crippen molar-refractivity contribution in [2.75, 3.05) is 17.1 Å². The van der Waals surface area contributed by atoms with Crippen LogP contribution in [0.2, 0.25) is 0 Å². The van der Waals surface area contributed by atoms with E-state index < -0.39 is 15.9 Å². The van der Waals surface area contributed by atoms with E-state index in [1.165, 1.54) is 0 Å². The fourth-order valence-corrected chi connectivity index (χ4v) is 4.76. The number of rotatable bonds is 7. The Labute approximate surface area is 189 Å². The van der Waals surface area contributed by atoms with Gasteiger partial charge in [-0.05, 0) is 57.0 Å². The third-order valence-corrected chi connectivity index (χ3v) is 6.37. The summed E-state index contributed by atoms with van der Waals surface area (Å²) < 4.78 is 28.0. The zero-order chi connectivity index (χ0) is 23.5. The van der Waals surface area contributed by atoms with E-state index in [9.17, 15) is 13.2 Å². The maximum absolute atomic E-state index is 12.5. The monoisotopic (exact) mass is 452 g/mol. The summed E-state index contributed by atoms with van der Waals surface area (Å²) >= 11 is 0. The molecule has 3 aromatic rings. The number of anilines is 1. The maximum Gasteiger partial charge on any atom is 0.260 e. The summed E-state index contributed by atoms with van der Waals surface area (Å²) in [5, 5.41) is 4.06. The summed E-state index contributed by atoms with van der Waals surface area (Å²) in [4.78, 5) is 12.5. The first-order valence-corrected chi connectivity index (χ1v) is 12.0. The average Bonchev–Trinajstić information content (AvgIpc) is 3.00. The van der Waals surface area contributed by atoms with Gasteiger partial charge in [-0.1, -0.05) is 36.4 Å². The minimum absolute atomic E-state index is 0.356. The summed E-state index contributed by atoms with van der Waals surface area (Å²) in [6.07, 6.45) is 2.66. The molecule has 32 heavy (non-hydrogen) atoms. The number of aromatic nitrogens is 1. The third-order valence-electron chi connectivity index (χ3n) is 5.25. The van der Waals surface area contributed by atoms with E-state index in [1.807, 2.05) is 82.3 Å². The van der Waals surface area contributed by atoms with E-state index in [2.05, 4.69) is 15.1 Å². The van der Waals surface area contributed by atoms with E-state index in [0.29, 0.717) is 5.69 Å². The zero-order valence-electron chi connectivity index (χ0n) is 19.0. The molecule has 1 aromatic heterocycles. The highest BCUT2D eigenvalue weighted by Crippen LogP contribution is 2.26. The van der Waals surface area contributed by atoms with Crippen LogP contribution >= 0.6 is 0 Å². The van der Waals surface area contributed by atoms with Crippen LogP contribution in [0.25, 0.3) is 5.69 Å². The van der Waals surface area contributed by atoms with Gasteiger partial charge in [0.05, 0.1) is 18.2 Å². The highest BCUT2D eigenvalue weighted by molar-refractivity contribution is 7.92. The van der Waals surface area contributed by atoms with Crippen LogP contribution in [-0.4, -0.2) is 37.9 Å². The molecule has 0 unspecified atom stereocenters. The van der Waals surface area contributed by atoms with Gasteiger partial charge in [0, 0.05) is 22.6 Å². The fraction of sp³-hybridized carbons (Fsp3) is 0.250. The smallest absolute Gasteiger partial charge is 0.260 e. The quantitative estimate of drug-likeness (QED) is 0.439. The normalized spacial score (nSPS) is 11.7. The van der Waals surface area contributed by atoms with Gasteiger partial charge in [0.1, 0.15) is 6.54 Å². The van der Waals surface area contributed by atoms with Crippen molar-refractivity contribution in [2.24, 2.45) is 5.10 Å². The molecule has 1 heterocycles. The van der Waals surface area contributed by atoms with Gasteiger partial charge in [-0.2, -0.15) is 5.10 Å². The molecule has 0 saturated heterocycles. The largest absolute Gasteiger partial charge is 0.318 e. The zero-order valence-corrected chi connectivity index (χ0v) is 19.8. The summed E-state index contributed by atoms with van der Waals surface area (Å²) in [5.41, 5.74) is 8.46. The van der Waals surface area contributed by atoms with Crippen molar-refractivity contribution in [3.63, 3.8) is 0 Å². The molecule has 8 heteroatoms. The number of amides is 1. The number of hydrazone groups is 1. The molecular formula is C24H28N4O3S. The lowest BCUT2D eigenvalue weighted by atomic mass is 10.1. The molecule has 3 rings (SSSR count). The average molecular weight is 453 g/mol. The first-order valence-electron chi connectivity index (χ1n) is 10.2. The Hall–Kier alpha value is -3.39. The lowest BCUT2D eigenvalue weighted by Crippen LogP contribution is -2.39. The molecule has 0 aliphatic carbocycles. The highest BCUT2D eigenvalue weighted by Gasteiger charge is 2.23. The van der Waals surface area contributed by atoms with Gasteiger partial charge in [0.15, 0.2) is 0 Å². The summed E-state index contributed by atoms with van der Waals surface area (Å²) in [7, 11) is -3.66. The first-order chi connectivity index (χ1) is 15.1. The van der Waals surface area contributed by atoms with Crippen molar-refractivity contribution in [1.82, 2.24) is 9.99 Å². The summed E-state index contributed by atoms with van der Waals surface area (Å²) in [6.45, 7) is 7.27. The van der Waals surface area contributed by atoms with Gasteiger partial charge in [0.2, 0.25) is 10.0 Å². The third kappa shape index (κ3) is 5.08. The molecule has 0 radical (unpaired) electrons. The minimum atomic E-state index is -3.66. The SMILES string of the molecule is Cc1cccc(C)c1N(CC(=O)N/N=C/c1cc(C)n(-c2ccccc2)c1C)S(C)(=O)=O. The van der Waals surface area contributed by atoms with Gasteiger partial charge in [0.25, 0.3) is 5.91 Å². The molecule has 2 aromatic carbocycles. The van der Waals surface area contributed by atoms with Crippen LogP contribution in [0.4, 0.5) is 5.69 Å². The van der Waals surface area contributed by atoms with Crippen molar-refractivity contribution in [3.05, 3.63) is 82.7 Å². The van der Waals surface area contributed by atoms with Gasteiger partial charge >= 0.3 is 0 Å². The Bertz CT molecular complexity index is 1240. The fourth-order valence-electron chi connectivity index (χ4n) is 3.79. The number of hydrogen-bond acceptors (Lipinski definition) is 4. The second kappa shape index (κ2) is 9.40. The van der Waals surface area contributed by atoms with Crippen LogP contribution in [0, 0.1) is 27.7 Å². The molecule has 0 aliphatic rings. The molecule has 1 N–H and O–H groups in total. The molecule has 0 fully saturated rings. The second-order valence-electron chi connectivity index (χ2n) is 7.80. The number of carbonyl (C=O) groups excluding carboxylic acids is 1. The molecule has 0 bridgehead atoms. The van der Waals surface area contributed by atoms with E-state index in [4.69, 9.17) is 0 Å². The number of para-hydroxylation sites is 2. The van der Waals surface area contributed by atoms with Crippen LogP contribution < -0.4 is 9.73 Å². The summed E-state index contributed by atoms with van der Waals surface area (Å²) in [5.74, 6) is -0.522. The number of benzene rings is 2. The van der Waals surface area contributed by atoms with Gasteiger partial charge in [-0.15, -0.1) is 0 Å². The Balaban J connectivity index is 1.77. The predicted molar refractivity (Wildman–Crippen MR) is 129 cm³/mol. The molecule has 0 atom stereocenters. The van der Waals surface area contributed by atoms with Gasteiger partial charge in [-0.3, -0.25) is 9.10 Å². The number of nitrogens with zero attached hydrogens (tertiary/aromatic N) is 3. The van der Waals surface area contributed by atoms with Crippen molar-refractivity contribution < 1.29 is 13.2 Å². The number of nitrogens with one attached hydrogen (secondary N) is 1. The minimum Gasteiger partial charge on any atom is -0.318 e. The van der Waals surface area contributed by atoms with Crippen molar-refractivity contribution in [3.8, 4) is 5.69 Å². The molecule has 0 aliphatic heterocycles. The second-order valence-corrected chi connectivity index (χ2v) is 9.71. The van der Waals surface area contributed by atoms with Crippen molar-refractivity contribution in [2.45, 2.75) is 27.7 Å². The predicted octanol–water partition coefficient (Wildman–Crippen LogP) is 3.63. The molecule has 1 amide bonds. The van der Waals surface area contributed by atoms with Crippen LogP contribution in [0.15, 0.2) is 59.7 Å².